The molecule has 0 fully saturated rings. The molecule has 2 aromatic heterocycles. The fourth-order valence-corrected chi connectivity index (χ4v) is 4.32. The molecule has 3 aromatic carbocycles. The van der Waals surface area contributed by atoms with Gasteiger partial charge in [0.2, 0.25) is 0 Å². The van der Waals surface area contributed by atoms with E-state index in [1.807, 2.05) is 0 Å². The fraction of sp³-hybridized carbons (Fsp3) is 0.179. The van der Waals surface area contributed by atoms with Crippen LogP contribution in [0, 0.1) is 5.82 Å². The number of aliphatic hydroxyl groups is 1. The molecule has 5 aromatic rings. The molecule has 2 N–H and O–H groups in total. The summed E-state index contributed by atoms with van der Waals surface area (Å²) in [5.41, 5.74) is 0.214. The number of carbonyl (C=O) groups excluding carboxylic acids is 1. The van der Waals surface area contributed by atoms with E-state index in [-0.39, 0.29) is 30.3 Å². The van der Waals surface area contributed by atoms with Crippen LogP contribution in [0.4, 0.5) is 17.6 Å². The Kier molecular flexibility index (Phi) is 8.41. The molecule has 0 aliphatic carbocycles. The lowest BCUT2D eigenvalue weighted by molar-refractivity contribution is -0.207. The van der Waals surface area contributed by atoms with Gasteiger partial charge in [-0.05, 0) is 42.5 Å². The summed E-state index contributed by atoms with van der Waals surface area (Å²) in [6.45, 7) is -1.46. The highest BCUT2D eigenvalue weighted by molar-refractivity contribution is 6.30. The molecule has 5 rings (SSSR count). The number of hydrogen-bond donors (Lipinski definition) is 2. The van der Waals surface area contributed by atoms with E-state index in [1.165, 1.54) is 41.3 Å². The van der Waals surface area contributed by atoms with E-state index in [0.29, 0.717) is 26.4 Å². The minimum Gasteiger partial charge on any atom is -0.382 e. The van der Waals surface area contributed by atoms with Crippen molar-refractivity contribution in [3.63, 3.8) is 0 Å². The average molecular weight is 616 g/mol. The Labute approximate surface area is 245 Å². The standard InChI is InChI=1S/C28H22ClF4N7O3/c29-19-11-9-17(10-12-19)25-37-39(27(43)38(25)14-23(41)28(31,32)33)15-24-35-16-40(36-24)22-8-4-2-6-20(22)26(42)34-13-18-5-1-3-7-21(18)30/h1-12,16,23,41H,13-15H2,(H,34,42)/t23-/m0/s1. The first-order valence-electron chi connectivity index (χ1n) is 12.7. The number of halogens is 5. The summed E-state index contributed by atoms with van der Waals surface area (Å²) >= 11 is 5.92. The van der Waals surface area contributed by atoms with Crippen LogP contribution in [-0.4, -0.2) is 52.4 Å². The summed E-state index contributed by atoms with van der Waals surface area (Å²) in [5.74, 6) is -1.02. The van der Waals surface area contributed by atoms with E-state index in [4.69, 9.17) is 11.6 Å². The summed E-state index contributed by atoms with van der Waals surface area (Å²) in [4.78, 5) is 30.3. The Balaban J connectivity index is 1.41. The number of rotatable bonds is 9. The molecule has 0 saturated carbocycles. The van der Waals surface area contributed by atoms with Crippen LogP contribution < -0.4 is 11.0 Å². The lowest BCUT2D eigenvalue weighted by atomic mass is 10.1. The second kappa shape index (κ2) is 12.2. The summed E-state index contributed by atoms with van der Waals surface area (Å²) in [7, 11) is 0. The second-order valence-corrected chi connectivity index (χ2v) is 9.77. The van der Waals surface area contributed by atoms with Crippen LogP contribution in [-0.2, 0) is 19.6 Å². The van der Waals surface area contributed by atoms with Crippen molar-refractivity contribution in [2.75, 3.05) is 0 Å². The number of carbonyl (C=O) groups is 1. The molecular weight excluding hydrogens is 594 g/mol. The monoisotopic (exact) mass is 615 g/mol. The van der Waals surface area contributed by atoms with Gasteiger partial charge in [-0.2, -0.15) is 13.2 Å². The highest BCUT2D eigenvalue weighted by atomic mass is 35.5. The van der Waals surface area contributed by atoms with Gasteiger partial charge in [0.25, 0.3) is 5.91 Å². The second-order valence-electron chi connectivity index (χ2n) is 9.34. The lowest BCUT2D eigenvalue weighted by Crippen LogP contribution is -2.37. The molecule has 0 unspecified atom stereocenters. The third-order valence-corrected chi connectivity index (χ3v) is 6.63. The number of amides is 1. The summed E-state index contributed by atoms with van der Waals surface area (Å²) in [6, 6.07) is 18.4. The van der Waals surface area contributed by atoms with E-state index < -0.39 is 36.2 Å². The molecule has 0 spiro atoms. The van der Waals surface area contributed by atoms with Crippen molar-refractivity contribution in [1.82, 2.24) is 34.4 Å². The van der Waals surface area contributed by atoms with Crippen molar-refractivity contribution >= 4 is 17.5 Å². The van der Waals surface area contributed by atoms with E-state index in [0.717, 1.165) is 4.68 Å². The Hall–Kier alpha value is -4.82. The van der Waals surface area contributed by atoms with E-state index in [1.54, 1.807) is 42.5 Å². The molecule has 0 radical (unpaired) electrons. The molecule has 0 bridgehead atoms. The minimum absolute atomic E-state index is 0.0486. The molecule has 0 saturated heterocycles. The number of benzene rings is 3. The zero-order valence-corrected chi connectivity index (χ0v) is 22.8. The third kappa shape index (κ3) is 6.65. The molecule has 1 atom stereocenters. The smallest absolute Gasteiger partial charge is 0.382 e. The maximum Gasteiger partial charge on any atom is 0.416 e. The average Bonchev–Trinajstić information content (AvgIpc) is 3.57. The van der Waals surface area contributed by atoms with Crippen molar-refractivity contribution in [2.24, 2.45) is 0 Å². The van der Waals surface area contributed by atoms with Gasteiger partial charge in [-0.1, -0.05) is 41.9 Å². The molecule has 0 aliphatic heterocycles. The molecule has 0 aliphatic rings. The molecule has 1 amide bonds. The first-order valence-corrected chi connectivity index (χ1v) is 13.1. The highest BCUT2D eigenvalue weighted by Gasteiger charge is 2.39. The maximum atomic E-state index is 14.0. The van der Waals surface area contributed by atoms with E-state index in [9.17, 15) is 32.3 Å². The number of aromatic nitrogens is 6. The molecule has 15 heteroatoms. The van der Waals surface area contributed by atoms with Crippen LogP contribution in [0.25, 0.3) is 17.1 Å². The Bertz CT molecular complexity index is 1820. The van der Waals surface area contributed by atoms with Gasteiger partial charge in [-0.25, -0.2) is 23.5 Å². The fourth-order valence-electron chi connectivity index (χ4n) is 4.20. The number of hydrogen-bond acceptors (Lipinski definition) is 6. The zero-order valence-electron chi connectivity index (χ0n) is 22.0. The third-order valence-electron chi connectivity index (χ3n) is 6.38. The van der Waals surface area contributed by atoms with Gasteiger partial charge >= 0.3 is 11.9 Å². The van der Waals surface area contributed by atoms with Crippen LogP contribution in [0.1, 0.15) is 21.7 Å². The Morgan fingerprint density at radius 3 is 2.42 bits per heavy atom. The topological polar surface area (TPSA) is 120 Å². The Morgan fingerprint density at radius 1 is 1.00 bits per heavy atom. The van der Waals surface area contributed by atoms with Gasteiger partial charge in [0.1, 0.15) is 18.7 Å². The quantitative estimate of drug-likeness (QED) is 0.242. The molecule has 222 valence electrons. The number of aliphatic hydroxyl groups excluding tert-OH is 1. The summed E-state index contributed by atoms with van der Waals surface area (Å²) < 4.78 is 56.3. The number of nitrogens with one attached hydrogen (secondary N) is 1. The van der Waals surface area contributed by atoms with Gasteiger partial charge in [0.15, 0.2) is 17.8 Å². The van der Waals surface area contributed by atoms with E-state index in [2.05, 4.69) is 20.5 Å². The summed E-state index contributed by atoms with van der Waals surface area (Å²) in [5, 5.41) is 21.2. The van der Waals surface area contributed by atoms with Crippen LogP contribution in [0.5, 0.6) is 0 Å². The zero-order chi connectivity index (χ0) is 30.7. The van der Waals surface area contributed by atoms with Crippen LogP contribution in [0.2, 0.25) is 5.02 Å². The van der Waals surface area contributed by atoms with Crippen molar-refractivity contribution in [2.45, 2.75) is 31.9 Å². The molecule has 10 nitrogen and oxygen atoms in total. The Morgan fingerprint density at radius 2 is 1.70 bits per heavy atom. The highest BCUT2D eigenvalue weighted by Crippen LogP contribution is 2.24. The van der Waals surface area contributed by atoms with Crippen LogP contribution >= 0.6 is 11.6 Å². The van der Waals surface area contributed by atoms with Crippen molar-refractivity contribution in [1.29, 1.82) is 0 Å². The molecule has 43 heavy (non-hydrogen) atoms. The number of alkyl halides is 3. The lowest BCUT2D eigenvalue weighted by Gasteiger charge is -2.15. The number of nitrogens with zero attached hydrogens (tertiary/aromatic N) is 6. The van der Waals surface area contributed by atoms with Gasteiger partial charge in [-0.3, -0.25) is 9.36 Å². The van der Waals surface area contributed by atoms with Crippen LogP contribution in [0.15, 0.2) is 83.9 Å². The van der Waals surface area contributed by atoms with E-state index >= 15 is 0 Å². The van der Waals surface area contributed by atoms with Crippen molar-refractivity contribution in [3.05, 3.63) is 117 Å². The summed E-state index contributed by atoms with van der Waals surface area (Å²) in [6.07, 6.45) is -6.48. The molecule has 2 heterocycles. The van der Waals surface area contributed by atoms with Crippen molar-refractivity contribution < 1.29 is 27.5 Å². The van der Waals surface area contributed by atoms with Gasteiger partial charge < -0.3 is 10.4 Å². The maximum absolute atomic E-state index is 14.0. The first kappa shape index (κ1) is 29.7. The van der Waals surface area contributed by atoms with Gasteiger partial charge in [0, 0.05) is 22.7 Å². The first-order chi connectivity index (χ1) is 20.5. The largest absolute Gasteiger partial charge is 0.416 e. The van der Waals surface area contributed by atoms with Gasteiger partial charge in [0.05, 0.1) is 17.8 Å². The van der Waals surface area contributed by atoms with Gasteiger partial charge in [-0.15, -0.1) is 10.2 Å². The number of para-hydroxylation sites is 1. The predicted octanol–water partition coefficient (Wildman–Crippen LogP) is 3.99. The molecular formula is C28H22ClF4N7O3. The van der Waals surface area contributed by atoms with Crippen molar-refractivity contribution in [3.8, 4) is 17.1 Å². The predicted molar refractivity (Wildman–Crippen MR) is 147 cm³/mol. The van der Waals surface area contributed by atoms with Crippen LogP contribution in [0.3, 0.4) is 0 Å². The minimum atomic E-state index is -4.96. The SMILES string of the molecule is O=C(NCc1ccccc1F)c1ccccc1-n1cnc(Cn2nc(-c3ccc(Cl)cc3)n(C[C@H](O)C(F)(F)F)c2=O)n1. The normalized spacial score (nSPS) is 12.3.